The predicted molar refractivity (Wildman–Crippen MR) is 137 cm³/mol. The van der Waals surface area contributed by atoms with Gasteiger partial charge in [0.25, 0.3) is 5.91 Å². The molecule has 0 aliphatic rings. The number of hydrogen-bond acceptors (Lipinski definition) is 6. The fourth-order valence-corrected chi connectivity index (χ4v) is 4.97. The van der Waals surface area contributed by atoms with Gasteiger partial charge in [-0.1, -0.05) is 25.1 Å². The van der Waals surface area contributed by atoms with Crippen molar-refractivity contribution in [2.24, 2.45) is 0 Å². The Hall–Kier alpha value is -4.10. The molecule has 0 atom stereocenters. The topological polar surface area (TPSA) is 90.4 Å². The molecule has 0 fully saturated rings. The van der Waals surface area contributed by atoms with Gasteiger partial charge in [0.2, 0.25) is 0 Å². The summed E-state index contributed by atoms with van der Waals surface area (Å²) in [5, 5.41) is 3.73. The highest BCUT2D eigenvalue weighted by atomic mass is 32.1. The Kier molecular flexibility index (Phi) is 5.77. The highest BCUT2D eigenvalue weighted by molar-refractivity contribution is 7.21. The molecule has 7 heteroatoms. The number of ether oxygens (including phenoxy) is 1. The number of nitrogens with zero attached hydrogens (tertiary/aromatic N) is 1. The summed E-state index contributed by atoms with van der Waals surface area (Å²) in [7, 11) is 1.63. The maximum Gasteiger partial charge on any atom is 0.267 e. The summed E-state index contributed by atoms with van der Waals surface area (Å²) < 4.78 is 11.0. The Morgan fingerprint density at radius 3 is 2.62 bits per heavy atom. The molecule has 0 aliphatic carbocycles. The molecule has 0 unspecified atom stereocenters. The van der Waals surface area contributed by atoms with Gasteiger partial charge >= 0.3 is 0 Å². The molecule has 0 bridgehead atoms. The number of methoxy groups -OCH3 is 1. The lowest BCUT2D eigenvalue weighted by molar-refractivity contribution is 0.103. The second-order valence-corrected chi connectivity index (χ2v) is 8.75. The third-order valence-electron chi connectivity index (χ3n) is 5.72. The number of fused-ring (bicyclic) bond motifs is 1. The maximum atomic E-state index is 13.3. The highest BCUT2D eigenvalue weighted by Gasteiger charge is 2.23. The van der Waals surface area contributed by atoms with Crippen molar-refractivity contribution >= 4 is 38.8 Å². The van der Waals surface area contributed by atoms with E-state index in [0.717, 1.165) is 40.2 Å². The van der Waals surface area contributed by atoms with Crippen LogP contribution in [-0.4, -0.2) is 18.0 Å². The average Bonchev–Trinajstić information content (AvgIpc) is 3.52. The van der Waals surface area contributed by atoms with Crippen molar-refractivity contribution in [3.05, 3.63) is 83.4 Å². The molecule has 6 nitrogen and oxygen atoms in total. The van der Waals surface area contributed by atoms with E-state index in [-0.39, 0.29) is 5.91 Å². The summed E-state index contributed by atoms with van der Waals surface area (Å²) in [6, 6.07) is 21.1. The van der Waals surface area contributed by atoms with E-state index in [0.29, 0.717) is 26.5 Å². The number of nitrogen functional groups attached to an aromatic ring is 1. The van der Waals surface area contributed by atoms with E-state index in [1.54, 1.807) is 13.4 Å². The number of anilines is 2. The summed E-state index contributed by atoms with van der Waals surface area (Å²) in [6.45, 7) is 2.05. The number of rotatable bonds is 6. The molecular formula is C27H23N3O3S. The minimum absolute atomic E-state index is 0.252. The van der Waals surface area contributed by atoms with Crippen molar-refractivity contribution in [3.8, 4) is 28.3 Å². The molecule has 170 valence electrons. The van der Waals surface area contributed by atoms with Gasteiger partial charge < -0.3 is 20.2 Å². The Morgan fingerprint density at radius 1 is 1.12 bits per heavy atom. The van der Waals surface area contributed by atoms with E-state index in [1.165, 1.54) is 11.3 Å². The molecule has 0 radical (unpaired) electrons. The fourth-order valence-electron chi connectivity index (χ4n) is 3.96. The molecule has 34 heavy (non-hydrogen) atoms. The zero-order valence-electron chi connectivity index (χ0n) is 18.8. The Morgan fingerprint density at radius 2 is 1.91 bits per heavy atom. The first-order valence-electron chi connectivity index (χ1n) is 10.9. The average molecular weight is 470 g/mol. The normalized spacial score (nSPS) is 11.0. The number of aromatic nitrogens is 1. The van der Waals surface area contributed by atoms with Crippen LogP contribution in [0.4, 0.5) is 11.4 Å². The first-order valence-corrected chi connectivity index (χ1v) is 11.7. The summed E-state index contributed by atoms with van der Waals surface area (Å²) >= 11 is 1.28. The van der Waals surface area contributed by atoms with Crippen molar-refractivity contribution < 1.29 is 13.9 Å². The van der Waals surface area contributed by atoms with Crippen molar-refractivity contribution in [2.45, 2.75) is 13.3 Å². The molecule has 0 saturated carbocycles. The van der Waals surface area contributed by atoms with Gasteiger partial charge in [-0.15, -0.1) is 11.3 Å². The van der Waals surface area contributed by atoms with Crippen LogP contribution < -0.4 is 15.8 Å². The van der Waals surface area contributed by atoms with Crippen molar-refractivity contribution in [2.75, 3.05) is 18.2 Å². The second-order valence-electron chi connectivity index (χ2n) is 7.75. The number of nitrogens with one attached hydrogen (secondary N) is 1. The molecule has 3 N–H and O–H groups in total. The van der Waals surface area contributed by atoms with Gasteiger partial charge in [0.1, 0.15) is 21.2 Å². The van der Waals surface area contributed by atoms with Crippen LogP contribution >= 0.6 is 11.3 Å². The largest absolute Gasteiger partial charge is 0.497 e. The molecule has 5 aromatic rings. The Balaban J connectivity index is 1.63. The summed E-state index contributed by atoms with van der Waals surface area (Å²) in [4.78, 5) is 19.2. The van der Waals surface area contributed by atoms with Crippen LogP contribution in [0.2, 0.25) is 0 Å². The Labute approximate surface area is 201 Å². The minimum atomic E-state index is -0.252. The van der Waals surface area contributed by atoms with Crippen LogP contribution in [-0.2, 0) is 6.42 Å². The van der Waals surface area contributed by atoms with E-state index in [2.05, 4.69) is 12.2 Å². The van der Waals surface area contributed by atoms with Crippen LogP contribution in [0.1, 0.15) is 22.2 Å². The van der Waals surface area contributed by atoms with Crippen molar-refractivity contribution in [1.82, 2.24) is 4.98 Å². The van der Waals surface area contributed by atoms with Gasteiger partial charge in [-0.05, 0) is 60.5 Å². The third-order valence-corrected chi connectivity index (χ3v) is 6.82. The summed E-state index contributed by atoms with van der Waals surface area (Å²) in [5.41, 5.74) is 11.3. The van der Waals surface area contributed by atoms with E-state index in [1.807, 2.05) is 66.7 Å². The first kappa shape index (κ1) is 21.7. The molecule has 5 rings (SSSR count). The number of aryl methyl sites for hydroxylation is 1. The predicted octanol–water partition coefficient (Wildman–Crippen LogP) is 6.63. The standard InChI is InChI=1S/C27H23N3O3S/c1-3-16-7-4-5-8-20(16)29-26(31)25-24(28)23-19(22-9-6-14-33-22)15-21(30-27(23)34-25)17-10-12-18(32-2)13-11-17/h4-15H,3,28H2,1-2H3,(H,29,31). The monoisotopic (exact) mass is 469 g/mol. The number of hydrogen-bond donors (Lipinski definition) is 2. The van der Waals surface area contributed by atoms with Gasteiger partial charge in [-0.2, -0.15) is 0 Å². The minimum Gasteiger partial charge on any atom is -0.497 e. The number of para-hydroxylation sites is 1. The lowest BCUT2D eigenvalue weighted by Crippen LogP contribution is -2.13. The van der Waals surface area contributed by atoms with E-state index < -0.39 is 0 Å². The van der Waals surface area contributed by atoms with Gasteiger partial charge in [0.15, 0.2) is 0 Å². The number of furan rings is 1. The van der Waals surface area contributed by atoms with Crippen LogP contribution in [0.15, 0.2) is 77.4 Å². The zero-order chi connectivity index (χ0) is 23.7. The Bertz CT molecular complexity index is 1470. The number of nitrogens with two attached hydrogens (primary N) is 1. The van der Waals surface area contributed by atoms with Crippen LogP contribution in [0.5, 0.6) is 5.75 Å². The molecule has 2 aromatic carbocycles. The highest BCUT2D eigenvalue weighted by Crippen LogP contribution is 2.42. The van der Waals surface area contributed by atoms with Crippen LogP contribution in [0.25, 0.3) is 32.8 Å². The van der Waals surface area contributed by atoms with E-state index in [9.17, 15) is 4.79 Å². The van der Waals surface area contributed by atoms with Crippen LogP contribution in [0, 0.1) is 0 Å². The molecule has 1 amide bonds. The third kappa shape index (κ3) is 3.91. The lowest BCUT2D eigenvalue weighted by Gasteiger charge is -2.09. The molecule has 0 aliphatic heterocycles. The quantitative estimate of drug-likeness (QED) is 0.291. The molecule has 0 saturated heterocycles. The smallest absolute Gasteiger partial charge is 0.267 e. The zero-order valence-corrected chi connectivity index (χ0v) is 19.6. The number of pyridine rings is 1. The van der Waals surface area contributed by atoms with E-state index >= 15 is 0 Å². The molecule has 3 aromatic heterocycles. The van der Waals surface area contributed by atoms with Gasteiger partial charge in [0, 0.05) is 22.2 Å². The molecular weight excluding hydrogens is 446 g/mol. The number of carbonyl (C=O) groups excluding carboxylic acids is 1. The number of amides is 1. The van der Waals surface area contributed by atoms with Crippen molar-refractivity contribution in [3.63, 3.8) is 0 Å². The van der Waals surface area contributed by atoms with Crippen LogP contribution in [0.3, 0.4) is 0 Å². The summed E-state index contributed by atoms with van der Waals surface area (Å²) in [5.74, 6) is 1.18. The fraction of sp³-hybridized carbons (Fsp3) is 0.111. The van der Waals surface area contributed by atoms with Gasteiger partial charge in [-0.25, -0.2) is 4.98 Å². The van der Waals surface area contributed by atoms with Crippen molar-refractivity contribution in [1.29, 1.82) is 0 Å². The SMILES string of the molecule is CCc1ccccc1NC(=O)c1sc2nc(-c3ccc(OC)cc3)cc(-c3ccco3)c2c1N. The van der Waals surface area contributed by atoms with Gasteiger partial charge in [-0.3, -0.25) is 4.79 Å². The molecule has 3 heterocycles. The lowest BCUT2D eigenvalue weighted by atomic mass is 10.0. The number of benzene rings is 2. The van der Waals surface area contributed by atoms with E-state index in [4.69, 9.17) is 19.9 Å². The van der Waals surface area contributed by atoms with Gasteiger partial charge in [0.05, 0.1) is 24.8 Å². The second kappa shape index (κ2) is 9.03. The number of carbonyl (C=O) groups is 1. The molecule has 0 spiro atoms. The maximum absolute atomic E-state index is 13.3. The number of thiophene rings is 1. The summed E-state index contributed by atoms with van der Waals surface area (Å²) in [6.07, 6.45) is 2.43. The first-order chi connectivity index (χ1) is 16.6.